The normalized spacial score (nSPS) is 25.6. The van der Waals surface area contributed by atoms with E-state index in [9.17, 15) is 0 Å². The molecule has 3 rings (SSSR count). The fourth-order valence-corrected chi connectivity index (χ4v) is 2.33. The third kappa shape index (κ3) is 1.87. The molecule has 2 aliphatic heterocycles. The van der Waals surface area contributed by atoms with Crippen molar-refractivity contribution in [3.8, 4) is 5.75 Å². The van der Waals surface area contributed by atoms with E-state index in [0.717, 1.165) is 38.3 Å². The number of piperazine rings is 1. The summed E-state index contributed by atoms with van der Waals surface area (Å²) in [6.45, 7) is 4.73. The zero-order valence-electron chi connectivity index (χ0n) is 10.4. The van der Waals surface area contributed by atoms with Crippen molar-refractivity contribution in [1.82, 2.24) is 5.32 Å². The summed E-state index contributed by atoms with van der Waals surface area (Å²) in [7, 11) is 0. The van der Waals surface area contributed by atoms with Crippen LogP contribution in [0.1, 0.15) is 13.3 Å². The van der Waals surface area contributed by atoms with Gasteiger partial charge in [-0.15, -0.1) is 0 Å². The third-order valence-corrected chi connectivity index (χ3v) is 3.25. The van der Waals surface area contributed by atoms with Gasteiger partial charge in [0.05, 0.1) is 6.61 Å². The van der Waals surface area contributed by atoms with E-state index in [1.165, 1.54) is 11.3 Å². The van der Waals surface area contributed by atoms with Gasteiger partial charge in [0, 0.05) is 39.3 Å². The molecule has 0 aromatic heterocycles. The summed E-state index contributed by atoms with van der Waals surface area (Å²) in [5, 5.41) is 3.35. The lowest BCUT2D eigenvalue weighted by Crippen LogP contribution is -2.43. The van der Waals surface area contributed by atoms with Gasteiger partial charge in [-0.1, -0.05) is 6.07 Å². The minimum Gasteiger partial charge on any atom is -0.493 e. The Labute approximate surface area is 97.8 Å². The number of hydrogen-bond donors (Lipinski definition) is 1. The highest BCUT2D eigenvalue weighted by molar-refractivity contribution is 5.54. The predicted molar refractivity (Wildman–Crippen MR) is 65.3 cm³/mol. The summed E-state index contributed by atoms with van der Waals surface area (Å²) >= 11 is 0. The fraction of sp³-hybridized carbons (Fsp3) is 0.538. The van der Waals surface area contributed by atoms with Crippen molar-refractivity contribution in [2.45, 2.75) is 12.8 Å². The molecule has 1 aromatic carbocycles. The number of nitrogens with one attached hydrogen (secondary N) is 1. The number of anilines is 1. The van der Waals surface area contributed by atoms with Gasteiger partial charge in [0.2, 0.25) is 0 Å². The molecule has 1 N–H and O–H groups in total. The molecule has 1 fully saturated rings. The SMILES string of the molecule is [2H]C1COc2cc(N3CCNCC3)ccc2C1. The molecule has 0 radical (unpaired) electrons. The maximum Gasteiger partial charge on any atom is 0.124 e. The highest BCUT2D eigenvalue weighted by atomic mass is 16.5. The molecular formula is C13H18N2O. The van der Waals surface area contributed by atoms with Crippen LogP contribution in [0.25, 0.3) is 0 Å². The van der Waals surface area contributed by atoms with Gasteiger partial charge in [-0.05, 0) is 24.4 Å². The monoisotopic (exact) mass is 219 g/mol. The number of fused-ring (bicyclic) bond motifs is 1. The van der Waals surface area contributed by atoms with Gasteiger partial charge in [0.25, 0.3) is 0 Å². The van der Waals surface area contributed by atoms with E-state index in [1.54, 1.807) is 0 Å². The molecule has 3 nitrogen and oxygen atoms in total. The number of nitrogens with zero attached hydrogens (tertiary/aromatic N) is 1. The van der Waals surface area contributed by atoms with Crippen molar-refractivity contribution in [1.29, 1.82) is 0 Å². The standard InChI is InChI=1S/C13H18N2O/c1-2-11-3-4-12(10-13(11)16-9-1)15-7-5-14-6-8-15/h3-4,10,14H,1-2,5-9H2/i1D. The van der Waals surface area contributed by atoms with Gasteiger partial charge in [0.1, 0.15) is 5.75 Å². The molecule has 0 bridgehead atoms. The first-order valence-electron chi connectivity index (χ1n) is 6.54. The van der Waals surface area contributed by atoms with Crippen LogP contribution >= 0.6 is 0 Å². The molecule has 2 heterocycles. The van der Waals surface area contributed by atoms with Crippen LogP contribution in [0.4, 0.5) is 5.69 Å². The second-order valence-electron chi connectivity index (χ2n) is 4.33. The lowest BCUT2D eigenvalue weighted by atomic mass is 10.1. The van der Waals surface area contributed by atoms with Gasteiger partial charge in [-0.2, -0.15) is 0 Å². The summed E-state index contributed by atoms with van der Waals surface area (Å²) < 4.78 is 13.3. The Morgan fingerprint density at radius 3 is 3.06 bits per heavy atom. The molecule has 0 amide bonds. The second-order valence-corrected chi connectivity index (χ2v) is 4.33. The molecular weight excluding hydrogens is 200 g/mol. The Hall–Kier alpha value is -1.22. The van der Waals surface area contributed by atoms with Gasteiger partial charge < -0.3 is 15.0 Å². The summed E-state index contributed by atoms with van der Waals surface area (Å²) in [6.07, 6.45) is 0.713. The third-order valence-electron chi connectivity index (χ3n) is 3.25. The molecule has 0 spiro atoms. The second kappa shape index (κ2) is 4.34. The Bertz CT molecular complexity index is 404. The largest absolute Gasteiger partial charge is 0.493 e. The lowest BCUT2D eigenvalue weighted by Gasteiger charge is -2.30. The molecule has 0 saturated carbocycles. The Morgan fingerprint density at radius 1 is 1.31 bits per heavy atom. The molecule has 16 heavy (non-hydrogen) atoms. The molecule has 3 heteroatoms. The van der Waals surface area contributed by atoms with Crippen LogP contribution in [0.3, 0.4) is 0 Å². The van der Waals surface area contributed by atoms with Crippen LogP contribution < -0.4 is 15.0 Å². The van der Waals surface area contributed by atoms with E-state index >= 15 is 0 Å². The topological polar surface area (TPSA) is 24.5 Å². The van der Waals surface area contributed by atoms with Crippen molar-refractivity contribution in [2.24, 2.45) is 0 Å². The number of hydrogen-bond acceptors (Lipinski definition) is 3. The molecule has 0 aliphatic carbocycles. The van der Waals surface area contributed by atoms with Crippen molar-refractivity contribution >= 4 is 5.69 Å². The first-order valence-corrected chi connectivity index (χ1v) is 5.96. The van der Waals surface area contributed by atoms with Gasteiger partial charge in [0.15, 0.2) is 0 Å². The minimum atomic E-state index is -0.104. The van der Waals surface area contributed by atoms with E-state index in [4.69, 9.17) is 6.11 Å². The lowest BCUT2D eigenvalue weighted by molar-refractivity contribution is 0.288. The molecule has 1 atom stereocenters. The highest BCUT2D eigenvalue weighted by Crippen LogP contribution is 2.29. The predicted octanol–water partition coefficient (Wildman–Crippen LogP) is 1.42. The number of benzene rings is 1. The molecule has 86 valence electrons. The van der Waals surface area contributed by atoms with Crippen molar-refractivity contribution in [2.75, 3.05) is 37.7 Å². The van der Waals surface area contributed by atoms with Crippen LogP contribution in [0, 0.1) is 0 Å². The van der Waals surface area contributed by atoms with Gasteiger partial charge in [-0.25, -0.2) is 0 Å². The maximum absolute atomic E-state index is 7.71. The Kier molecular flexibility index (Phi) is 2.41. The number of ether oxygens (including phenoxy) is 1. The van der Waals surface area contributed by atoms with Crippen LogP contribution in [0.2, 0.25) is 0 Å². The van der Waals surface area contributed by atoms with Crippen molar-refractivity contribution in [3.05, 3.63) is 23.8 Å². The fourth-order valence-electron chi connectivity index (χ4n) is 2.33. The van der Waals surface area contributed by atoms with E-state index < -0.39 is 0 Å². The molecule has 1 aromatic rings. The Morgan fingerprint density at radius 2 is 2.19 bits per heavy atom. The van der Waals surface area contributed by atoms with Crippen LogP contribution in [-0.4, -0.2) is 32.8 Å². The smallest absolute Gasteiger partial charge is 0.124 e. The molecule has 1 saturated heterocycles. The first kappa shape index (κ1) is 8.88. The zero-order valence-corrected chi connectivity index (χ0v) is 9.41. The summed E-state index contributed by atoms with van der Waals surface area (Å²) in [5.74, 6) is 0.976. The van der Waals surface area contributed by atoms with Crippen molar-refractivity contribution in [3.63, 3.8) is 0 Å². The van der Waals surface area contributed by atoms with Gasteiger partial charge >= 0.3 is 0 Å². The summed E-state index contributed by atoms with van der Waals surface area (Å²) in [6, 6.07) is 6.41. The van der Waals surface area contributed by atoms with Crippen molar-refractivity contribution < 1.29 is 6.11 Å². The average molecular weight is 219 g/mol. The van der Waals surface area contributed by atoms with Crippen LogP contribution in [0.15, 0.2) is 18.2 Å². The highest BCUT2D eigenvalue weighted by Gasteiger charge is 2.14. The van der Waals surface area contributed by atoms with Gasteiger partial charge in [-0.3, -0.25) is 0 Å². The van der Waals surface area contributed by atoms with Crippen LogP contribution in [-0.2, 0) is 6.42 Å². The van der Waals surface area contributed by atoms with E-state index in [0.29, 0.717) is 6.61 Å². The zero-order chi connectivity index (χ0) is 11.7. The quantitative estimate of drug-likeness (QED) is 0.773. The first-order chi connectivity index (χ1) is 8.33. The molecule has 2 aliphatic rings. The van der Waals surface area contributed by atoms with E-state index in [2.05, 4.69) is 28.4 Å². The van der Waals surface area contributed by atoms with Crippen LogP contribution in [0.5, 0.6) is 5.75 Å². The van der Waals surface area contributed by atoms with E-state index in [-0.39, 0.29) is 6.40 Å². The Balaban J connectivity index is 1.82. The number of rotatable bonds is 1. The number of aryl methyl sites for hydroxylation is 1. The summed E-state index contributed by atoms with van der Waals surface area (Å²) in [4.78, 5) is 2.38. The average Bonchev–Trinajstić information content (AvgIpc) is 2.39. The van der Waals surface area contributed by atoms with E-state index in [1.807, 2.05) is 0 Å². The molecule has 1 unspecified atom stereocenters. The summed E-state index contributed by atoms with van der Waals surface area (Å²) in [5.41, 5.74) is 2.42. The minimum absolute atomic E-state index is 0.104. The maximum atomic E-state index is 7.71.